The van der Waals surface area contributed by atoms with Gasteiger partial charge in [0, 0.05) is 32.9 Å². The third-order valence-corrected chi connectivity index (χ3v) is 11.2. The molecule has 65 heavy (non-hydrogen) atoms. The molecule has 0 atom stereocenters. The first-order chi connectivity index (χ1) is 29.2. The Balaban J connectivity index is 0.00000363. The number of amides is 1. The van der Waals surface area contributed by atoms with E-state index in [0.29, 0.717) is 45.7 Å². The maximum absolute atomic E-state index is 13.1. The van der Waals surface area contributed by atoms with Gasteiger partial charge < -0.3 is 36.1 Å². The number of benzene rings is 5. The molecule has 4 N–H and O–H groups in total. The molecule has 0 fully saturated rings. The Morgan fingerprint density at radius 2 is 1.40 bits per heavy atom. The Hall–Kier alpha value is -2.59. The van der Waals surface area contributed by atoms with E-state index < -0.39 is 38.5 Å². The van der Waals surface area contributed by atoms with Crippen molar-refractivity contribution in [3.8, 4) is 5.75 Å². The van der Waals surface area contributed by atoms with Crippen molar-refractivity contribution in [1.82, 2.24) is 15.0 Å². The van der Waals surface area contributed by atoms with Crippen LogP contribution in [0.3, 0.4) is 0 Å². The molecule has 6 rings (SSSR count). The monoisotopic (exact) mass is 1020 g/mol. The SMILES string of the molecule is C.O=C(Nc1ccc(S(=O)(=O)CCOS(=O)(=O)[O-])cc1)c1cccc(N=Nc2c(SOO[O-])cc3ccc(Nc4nc(Cl)nc(Nc5cccc(SOO[O-])c5)n4)cc3c2O)c1.[Na+].[Na+].[Na+]. The van der Waals surface area contributed by atoms with Gasteiger partial charge in [0.15, 0.2) is 15.6 Å². The van der Waals surface area contributed by atoms with Crippen molar-refractivity contribution >= 4 is 113 Å². The number of fused-ring (bicyclic) bond motifs is 1. The summed E-state index contributed by atoms with van der Waals surface area (Å²) >= 11 is 7.33. The van der Waals surface area contributed by atoms with Gasteiger partial charge in [0.25, 0.3) is 5.91 Å². The van der Waals surface area contributed by atoms with Gasteiger partial charge in [-0.2, -0.15) is 28.7 Å². The minimum absolute atomic E-state index is 0. The zero-order chi connectivity index (χ0) is 43.6. The number of halogens is 1. The smallest absolute Gasteiger partial charge is 0.726 e. The normalized spacial score (nSPS) is 11.1. The van der Waals surface area contributed by atoms with Gasteiger partial charge in [0.05, 0.1) is 51.9 Å². The fourth-order valence-corrected chi connectivity index (χ4v) is 7.71. The number of aromatic nitrogens is 3. The van der Waals surface area contributed by atoms with Gasteiger partial charge in [-0.05, 0) is 95.8 Å². The predicted octanol–water partition coefficient (Wildman–Crippen LogP) is -3.10. The third kappa shape index (κ3) is 17.5. The van der Waals surface area contributed by atoms with E-state index >= 15 is 0 Å². The van der Waals surface area contributed by atoms with Crippen LogP contribution >= 0.6 is 35.7 Å². The van der Waals surface area contributed by atoms with Gasteiger partial charge >= 0.3 is 88.7 Å². The predicted molar refractivity (Wildman–Crippen MR) is 219 cm³/mol. The van der Waals surface area contributed by atoms with E-state index in [2.05, 4.69) is 64.1 Å². The molecule has 6 aromatic rings. The average Bonchev–Trinajstić information content (AvgIpc) is 3.22. The second-order valence-corrected chi connectivity index (χ2v) is 16.8. The van der Waals surface area contributed by atoms with E-state index in [9.17, 15) is 41.8 Å². The van der Waals surface area contributed by atoms with Crippen LogP contribution in [0.1, 0.15) is 17.8 Å². The van der Waals surface area contributed by atoms with E-state index in [0.717, 1.165) is 0 Å². The molecule has 0 saturated heterocycles. The summed E-state index contributed by atoms with van der Waals surface area (Å²) in [4.78, 5) is 26.1. The Bertz CT molecular complexity index is 2830. The standard InChI is InChI=1S/C34H27ClN8O14S4.CH4.3Na/c35-32-39-33(37-22-4-2-6-25(17-22)58-56-54-46)41-34(40-32)38-23-8-7-19-16-28(59-57-55-47)29(30(44)27(19)18-23)43-42-24-5-1-3-20(15-24)31(45)36-21-9-11-26(12-10-21)60(48,49)14-13-53-61(50,51)52;;;;/h1-12,15-18,44,46-47H,13-14H2,(H,36,45)(H,50,51,52)(H2,37,38,39,40,41);1H4;;;/q;;3*+1/p-3. The molecule has 0 bridgehead atoms. The van der Waals surface area contributed by atoms with Crippen LogP contribution in [0.4, 0.5) is 40.3 Å². The number of rotatable bonds is 19. The molecule has 0 radical (unpaired) electrons. The van der Waals surface area contributed by atoms with Crippen molar-refractivity contribution in [3.05, 3.63) is 108 Å². The zero-order valence-corrected chi connectivity index (χ0v) is 43.2. The summed E-state index contributed by atoms with van der Waals surface area (Å²) in [5.41, 5.74) is 1.26. The van der Waals surface area contributed by atoms with Crippen molar-refractivity contribution in [1.29, 1.82) is 0 Å². The molecule has 1 aromatic heterocycles. The van der Waals surface area contributed by atoms with Gasteiger partial charge in [0.1, 0.15) is 5.69 Å². The molecule has 1 amide bonds. The number of hydrogen-bond acceptors (Lipinski definition) is 23. The molecule has 0 spiro atoms. The summed E-state index contributed by atoms with van der Waals surface area (Å²) in [7, 11) is -9.07. The summed E-state index contributed by atoms with van der Waals surface area (Å²) < 4.78 is 69.5. The Kier molecular flexibility index (Phi) is 24.7. The first-order valence-corrected chi connectivity index (χ1v) is 21.4. The first-order valence-electron chi connectivity index (χ1n) is 16.6. The van der Waals surface area contributed by atoms with Crippen LogP contribution < -0.4 is 115 Å². The van der Waals surface area contributed by atoms with E-state index in [1.54, 1.807) is 48.5 Å². The Morgan fingerprint density at radius 3 is 2.06 bits per heavy atom. The van der Waals surface area contributed by atoms with Crippen LogP contribution in [0, 0.1) is 0 Å². The van der Waals surface area contributed by atoms with Crippen LogP contribution in [0.2, 0.25) is 5.28 Å². The number of hydrogen-bond donors (Lipinski definition) is 4. The number of phenols is 1. The molecule has 326 valence electrons. The Morgan fingerprint density at radius 1 is 0.769 bits per heavy atom. The molecule has 0 unspecified atom stereocenters. The van der Waals surface area contributed by atoms with Gasteiger partial charge in [0.2, 0.25) is 27.6 Å². The fraction of sp³-hybridized carbons (Fsp3) is 0.0857. The molecule has 30 heteroatoms. The van der Waals surface area contributed by atoms with Crippen molar-refractivity contribution in [3.63, 3.8) is 0 Å². The molecule has 5 aromatic carbocycles. The average molecular weight is 1020 g/mol. The van der Waals surface area contributed by atoms with Crippen LogP contribution in [-0.2, 0) is 43.2 Å². The molecule has 1 heterocycles. The second-order valence-electron chi connectivity index (χ2n) is 11.8. The molecular weight excluding hydrogens is 989 g/mol. The zero-order valence-electron chi connectivity index (χ0n) is 33.2. The number of nitrogens with one attached hydrogen (secondary N) is 3. The minimum atomic E-state index is -5.06. The molecule has 0 aliphatic heterocycles. The van der Waals surface area contributed by atoms with E-state index in [4.69, 9.17) is 11.6 Å². The largest absolute Gasteiger partial charge is 1.00 e. The van der Waals surface area contributed by atoms with Crippen molar-refractivity contribution in [2.24, 2.45) is 10.2 Å². The number of carbonyl (C=O) groups excluding carboxylic acids is 1. The molecular formula is C35H28ClN8Na3O14S4. The summed E-state index contributed by atoms with van der Waals surface area (Å²) in [6, 6.07) is 23.9. The van der Waals surface area contributed by atoms with E-state index in [1.165, 1.54) is 48.5 Å². The number of carbonyl (C=O) groups is 1. The molecule has 0 aliphatic rings. The Labute approximate surface area is 450 Å². The number of aromatic hydroxyl groups is 1. The number of nitrogens with zero attached hydrogens (tertiary/aromatic N) is 5. The van der Waals surface area contributed by atoms with Crippen molar-refractivity contribution in [2.75, 3.05) is 28.3 Å². The van der Waals surface area contributed by atoms with Gasteiger partial charge in [-0.1, -0.05) is 25.6 Å². The molecule has 0 aliphatic carbocycles. The summed E-state index contributed by atoms with van der Waals surface area (Å²) in [5.74, 6) is -1.68. The third-order valence-electron chi connectivity index (χ3n) is 7.74. The quantitative estimate of drug-likeness (QED) is 0.0119. The fourth-order valence-electron chi connectivity index (χ4n) is 5.16. The number of phenolic OH excluding ortho intramolecular Hbond substituents is 1. The van der Waals surface area contributed by atoms with Gasteiger partial charge in [-0.25, -0.2) is 16.8 Å². The van der Waals surface area contributed by atoms with Crippen molar-refractivity contribution in [2.45, 2.75) is 22.1 Å². The summed E-state index contributed by atoms with van der Waals surface area (Å²) in [6.45, 7) is -0.862. The van der Waals surface area contributed by atoms with Crippen LogP contribution in [0.25, 0.3) is 10.8 Å². The van der Waals surface area contributed by atoms with Gasteiger partial charge in [-0.15, -0.1) is 5.11 Å². The van der Waals surface area contributed by atoms with E-state index in [-0.39, 0.29) is 157 Å². The summed E-state index contributed by atoms with van der Waals surface area (Å²) in [6.07, 6.45) is 0. The van der Waals surface area contributed by atoms with Crippen molar-refractivity contribution < 1.29 is 153 Å². The van der Waals surface area contributed by atoms with Crippen LogP contribution in [0.15, 0.2) is 122 Å². The van der Waals surface area contributed by atoms with Gasteiger partial charge in [-0.3, -0.25) is 19.1 Å². The minimum Gasteiger partial charge on any atom is -0.726 e. The topological polar surface area (TPSA) is 320 Å². The van der Waals surface area contributed by atoms with Crippen LogP contribution in [-0.4, -0.2) is 59.7 Å². The molecule has 0 saturated carbocycles. The second kappa shape index (κ2) is 27.4. The maximum atomic E-state index is 13.1. The number of azo groups is 1. The summed E-state index contributed by atoms with van der Waals surface area (Å²) in [5, 5.41) is 56.8. The number of anilines is 5. The maximum Gasteiger partial charge on any atom is 1.00 e. The van der Waals surface area contributed by atoms with E-state index in [1.807, 2.05) is 0 Å². The molecule has 22 nitrogen and oxygen atoms in total. The van der Waals surface area contributed by atoms with Crippen LogP contribution in [0.5, 0.6) is 5.75 Å². The first kappa shape index (κ1) is 58.5. The number of sulfone groups is 1.